The van der Waals surface area contributed by atoms with Crippen LogP contribution in [0.25, 0.3) is 10.9 Å². The third kappa shape index (κ3) is 3.66. The van der Waals surface area contributed by atoms with Gasteiger partial charge in [0.1, 0.15) is 5.82 Å². The minimum Gasteiger partial charge on any atom is -0.345 e. The first kappa shape index (κ1) is 17.8. The SMILES string of the molecule is CC(NC(=O)c1cc(F)cc2cccnc12)c1ccc(C(F)(F)F)cc1. The number of carbonyl (C=O) groups excluding carboxylic acids is 1. The lowest BCUT2D eigenvalue weighted by molar-refractivity contribution is -0.137. The molecule has 0 saturated carbocycles. The van der Waals surface area contributed by atoms with Crippen molar-refractivity contribution < 1.29 is 22.4 Å². The van der Waals surface area contributed by atoms with Gasteiger partial charge < -0.3 is 5.32 Å². The Labute approximate surface area is 146 Å². The molecule has 1 atom stereocenters. The van der Waals surface area contributed by atoms with Crippen LogP contribution >= 0.6 is 0 Å². The van der Waals surface area contributed by atoms with Gasteiger partial charge in [-0.3, -0.25) is 9.78 Å². The first-order valence-corrected chi connectivity index (χ1v) is 7.78. The van der Waals surface area contributed by atoms with Crippen molar-refractivity contribution in [2.45, 2.75) is 19.1 Å². The molecule has 134 valence electrons. The van der Waals surface area contributed by atoms with Crippen molar-refractivity contribution in [3.63, 3.8) is 0 Å². The van der Waals surface area contributed by atoms with Crippen LogP contribution < -0.4 is 5.32 Å². The monoisotopic (exact) mass is 362 g/mol. The zero-order valence-corrected chi connectivity index (χ0v) is 13.6. The van der Waals surface area contributed by atoms with E-state index in [9.17, 15) is 22.4 Å². The number of hydrogen-bond donors (Lipinski definition) is 1. The first-order chi connectivity index (χ1) is 12.3. The summed E-state index contributed by atoms with van der Waals surface area (Å²) >= 11 is 0. The third-order valence-electron chi connectivity index (χ3n) is 4.00. The van der Waals surface area contributed by atoms with Crippen LogP contribution in [0.4, 0.5) is 17.6 Å². The number of amides is 1. The van der Waals surface area contributed by atoms with E-state index in [1.807, 2.05) is 0 Å². The molecule has 0 fully saturated rings. The summed E-state index contributed by atoms with van der Waals surface area (Å²) in [6.45, 7) is 1.63. The van der Waals surface area contributed by atoms with Gasteiger partial charge in [-0.25, -0.2) is 4.39 Å². The molecule has 0 aliphatic carbocycles. The lowest BCUT2D eigenvalue weighted by Crippen LogP contribution is -2.27. The van der Waals surface area contributed by atoms with E-state index in [0.29, 0.717) is 16.5 Å². The molecule has 1 unspecified atom stereocenters. The van der Waals surface area contributed by atoms with Crippen LogP contribution in [0.3, 0.4) is 0 Å². The lowest BCUT2D eigenvalue weighted by atomic mass is 10.0. The van der Waals surface area contributed by atoms with Gasteiger partial charge in [0.15, 0.2) is 0 Å². The van der Waals surface area contributed by atoms with E-state index in [0.717, 1.165) is 18.2 Å². The fourth-order valence-corrected chi connectivity index (χ4v) is 2.65. The fourth-order valence-electron chi connectivity index (χ4n) is 2.65. The van der Waals surface area contributed by atoms with E-state index in [-0.39, 0.29) is 5.56 Å². The van der Waals surface area contributed by atoms with Crippen LogP contribution in [0.1, 0.15) is 34.5 Å². The molecule has 1 aromatic heterocycles. The number of hydrogen-bond acceptors (Lipinski definition) is 2. The highest BCUT2D eigenvalue weighted by atomic mass is 19.4. The minimum atomic E-state index is -4.42. The molecule has 2 aromatic carbocycles. The van der Waals surface area contributed by atoms with Gasteiger partial charge in [-0.1, -0.05) is 18.2 Å². The molecule has 0 aliphatic rings. The predicted molar refractivity (Wildman–Crippen MR) is 89.0 cm³/mol. The molecule has 7 heteroatoms. The van der Waals surface area contributed by atoms with Crippen molar-refractivity contribution in [2.75, 3.05) is 0 Å². The highest BCUT2D eigenvalue weighted by Crippen LogP contribution is 2.30. The number of carbonyl (C=O) groups is 1. The summed E-state index contributed by atoms with van der Waals surface area (Å²) in [5, 5.41) is 3.15. The normalized spacial score (nSPS) is 12.8. The van der Waals surface area contributed by atoms with Crippen LogP contribution in [0.2, 0.25) is 0 Å². The molecular weight excluding hydrogens is 348 g/mol. The van der Waals surface area contributed by atoms with Crippen LogP contribution in [0, 0.1) is 5.82 Å². The standard InChI is InChI=1S/C19H14F4N2O/c1-11(12-4-6-14(7-5-12)19(21,22)23)25-18(26)16-10-15(20)9-13-3-2-8-24-17(13)16/h2-11H,1H3,(H,25,26). The number of nitrogens with one attached hydrogen (secondary N) is 1. The smallest absolute Gasteiger partial charge is 0.345 e. The van der Waals surface area contributed by atoms with Crippen LogP contribution in [-0.4, -0.2) is 10.9 Å². The molecular formula is C19H14F4N2O. The summed E-state index contributed by atoms with van der Waals surface area (Å²) in [5.41, 5.74) is 0.158. The summed E-state index contributed by atoms with van der Waals surface area (Å²) in [6.07, 6.45) is -2.92. The number of aromatic nitrogens is 1. The zero-order chi connectivity index (χ0) is 18.9. The Hall–Kier alpha value is -2.96. The summed E-state index contributed by atoms with van der Waals surface area (Å²) < 4.78 is 51.6. The Morgan fingerprint density at radius 2 is 1.81 bits per heavy atom. The molecule has 0 aliphatic heterocycles. The van der Waals surface area contributed by atoms with Crippen molar-refractivity contribution in [1.82, 2.24) is 10.3 Å². The van der Waals surface area contributed by atoms with Crippen molar-refractivity contribution in [3.8, 4) is 0 Å². The number of fused-ring (bicyclic) bond motifs is 1. The number of nitrogens with zero attached hydrogens (tertiary/aromatic N) is 1. The minimum absolute atomic E-state index is 0.0689. The first-order valence-electron chi connectivity index (χ1n) is 7.78. The number of benzene rings is 2. The van der Waals surface area contributed by atoms with Crippen LogP contribution in [0.5, 0.6) is 0 Å². The van der Waals surface area contributed by atoms with E-state index >= 15 is 0 Å². The summed E-state index contributed by atoms with van der Waals surface area (Å²) in [4.78, 5) is 16.6. The Morgan fingerprint density at radius 1 is 1.12 bits per heavy atom. The molecule has 1 N–H and O–H groups in total. The van der Waals surface area contributed by atoms with Gasteiger partial charge in [0.05, 0.1) is 22.7 Å². The molecule has 3 nitrogen and oxygen atoms in total. The number of pyridine rings is 1. The number of alkyl halides is 3. The van der Waals surface area contributed by atoms with Crippen LogP contribution in [-0.2, 0) is 6.18 Å². The Morgan fingerprint density at radius 3 is 2.46 bits per heavy atom. The molecule has 0 saturated heterocycles. The van der Waals surface area contributed by atoms with Crippen molar-refractivity contribution >= 4 is 16.8 Å². The maximum atomic E-state index is 13.8. The van der Waals surface area contributed by atoms with Gasteiger partial charge >= 0.3 is 6.18 Å². The van der Waals surface area contributed by atoms with E-state index in [2.05, 4.69) is 10.3 Å². The van der Waals surface area contributed by atoms with Gasteiger partial charge in [-0.2, -0.15) is 13.2 Å². The average Bonchev–Trinajstić information content (AvgIpc) is 2.60. The van der Waals surface area contributed by atoms with E-state index in [4.69, 9.17) is 0 Å². The lowest BCUT2D eigenvalue weighted by Gasteiger charge is -2.16. The molecule has 1 amide bonds. The topological polar surface area (TPSA) is 42.0 Å². The van der Waals surface area contributed by atoms with Gasteiger partial charge in [-0.15, -0.1) is 0 Å². The van der Waals surface area contributed by atoms with E-state index in [1.165, 1.54) is 24.4 Å². The number of rotatable bonds is 3. The summed E-state index contributed by atoms with van der Waals surface area (Å²) in [6, 6.07) is 9.59. The molecule has 0 radical (unpaired) electrons. The Balaban J connectivity index is 1.84. The second kappa shape index (κ2) is 6.74. The van der Waals surface area contributed by atoms with Crippen molar-refractivity contribution in [2.24, 2.45) is 0 Å². The molecule has 26 heavy (non-hydrogen) atoms. The maximum Gasteiger partial charge on any atom is 0.416 e. The largest absolute Gasteiger partial charge is 0.416 e. The van der Waals surface area contributed by atoms with Gasteiger partial charge in [-0.05, 0) is 42.8 Å². The van der Waals surface area contributed by atoms with Gasteiger partial charge in [0.2, 0.25) is 0 Å². The Bertz CT molecular complexity index is 952. The predicted octanol–water partition coefficient (Wildman–Crippen LogP) is 4.88. The zero-order valence-electron chi connectivity index (χ0n) is 13.6. The Kier molecular flexibility index (Phi) is 4.63. The summed E-state index contributed by atoms with van der Waals surface area (Å²) in [7, 11) is 0. The number of halogens is 4. The van der Waals surface area contributed by atoms with E-state index in [1.54, 1.807) is 19.1 Å². The van der Waals surface area contributed by atoms with Gasteiger partial charge in [0, 0.05) is 11.6 Å². The van der Waals surface area contributed by atoms with Crippen LogP contribution in [0.15, 0.2) is 54.7 Å². The maximum absolute atomic E-state index is 13.8. The highest BCUT2D eigenvalue weighted by molar-refractivity contribution is 6.05. The fraction of sp³-hybridized carbons (Fsp3) is 0.158. The molecule has 3 aromatic rings. The van der Waals surface area contributed by atoms with Gasteiger partial charge in [0.25, 0.3) is 5.91 Å². The van der Waals surface area contributed by atoms with E-state index < -0.39 is 29.5 Å². The highest BCUT2D eigenvalue weighted by Gasteiger charge is 2.30. The molecule has 0 bridgehead atoms. The second-order valence-corrected chi connectivity index (χ2v) is 5.84. The van der Waals surface area contributed by atoms with Crippen molar-refractivity contribution in [3.05, 3.63) is 77.2 Å². The quantitative estimate of drug-likeness (QED) is 0.675. The average molecular weight is 362 g/mol. The molecule has 3 rings (SSSR count). The van der Waals surface area contributed by atoms with Crippen molar-refractivity contribution in [1.29, 1.82) is 0 Å². The molecule has 1 heterocycles. The second-order valence-electron chi connectivity index (χ2n) is 5.84. The third-order valence-corrected chi connectivity index (χ3v) is 4.00. The molecule has 0 spiro atoms. The summed E-state index contributed by atoms with van der Waals surface area (Å²) in [5.74, 6) is -1.13.